The van der Waals surface area contributed by atoms with E-state index in [0.717, 1.165) is 42.7 Å². The minimum Gasteiger partial charge on any atom is -0.461 e. The van der Waals surface area contributed by atoms with E-state index in [4.69, 9.17) is 4.42 Å². The van der Waals surface area contributed by atoms with Gasteiger partial charge in [0.2, 0.25) is 5.91 Å². The molecule has 1 aliphatic rings. The van der Waals surface area contributed by atoms with Crippen LogP contribution in [0.1, 0.15) is 35.4 Å². The van der Waals surface area contributed by atoms with Crippen LogP contribution in [0.15, 0.2) is 47.1 Å². The van der Waals surface area contributed by atoms with E-state index in [2.05, 4.69) is 10.4 Å². The lowest BCUT2D eigenvalue weighted by Crippen LogP contribution is -2.41. The second-order valence-electron chi connectivity index (χ2n) is 7.66. The number of carbonyl (C=O) groups is 2. The van der Waals surface area contributed by atoms with Crippen molar-refractivity contribution in [3.8, 4) is 0 Å². The number of benzene rings is 1. The summed E-state index contributed by atoms with van der Waals surface area (Å²) in [4.78, 5) is 26.8. The van der Waals surface area contributed by atoms with E-state index in [1.54, 1.807) is 16.9 Å². The van der Waals surface area contributed by atoms with Crippen LogP contribution in [0.3, 0.4) is 0 Å². The second kappa shape index (κ2) is 8.51. The fraction of sp³-hybridized carbons (Fsp3) is 0.409. The van der Waals surface area contributed by atoms with Crippen LogP contribution >= 0.6 is 0 Å². The molecule has 0 bridgehead atoms. The first-order valence-electron chi connectivity index (χ1n) is 10.1. The van der Waals surface area contributed by atoms with Crippen LogP contribution in [0, 0.1) is 12.8 Å². The fourth-order valence-corrected chi connectivity index (χ4v) is 3.84. The summed E-state index contributed by atoms with van der Waals surface area (Å²) in [6.45, 7) is 4.64. The molecular formula is C22H26N4O3. The Morgan fingerprint density at radius 2 is 2.07 bits per heavy atom. The molecule has 1 N–H and O–H groups in total. The molecule has 1 fully saturated rings. The molecule has 4 rings (SSSR count). The van der Waals surface area contributed by atoms with Gasteiger partial charge in [-0.3, -0.25) is 14.3 Å². The Bertz CT molecular complexity index is 985. The minimum absolute atomic E-state index is 0.0662. The van der Waals surface area contributed by atoms with Crippen molar-refractivity contribution in [3.63, 3.8) is 0 Å². The van der Waals surface area contributed by atoms with Crippen molar-refractivity contribution in [3.05, 3.63) is 54.0 Å². The van der Waals surface area contributed by atoms with Gasteiger partial charge in [0.15, 0.2) is 0 Å². The third-order valence-corrected chi connectivity index (χ3v) is 5.53. The Kier molecular flexibility index (Phi) is 5.64. The number of rotatable bonds is 6. The number of aromatic nitrogens is 2. The predicted octanol–water partition coefficient (Wildman–Crippen LogP) is 3.00. The van der Waals surface area contributed by atoms with Gasteiger partial charge in [0.25, 0.3) is 5.91 Å². The van der Waals surface area contributed by atoms with Crippen molar-refractivity contribution >= 4 is 22.8 Å². The summed E-state index contributed by atoms with van der Waals surface area (Å²) in [5.74, 6) is 1.34. The lowest BCUT2D eigenvalue weighted by atomic mass is 9.96. The monoisotopic (exact) mass is 394 g/mol. The first kappa shape index (κ1) is 19.2. The molecule has 1 saturated heterocycles. The van der Waals surface area contributed by atoms with Gasteiger partial charge < -0.3 is 14.6 Å². The number of piperidine rings is 1. The van der Waals surface area contributed by atoms with Crippen LogP contribution in [-0.4, -0.2) is 46.1 Å². The van der Waals surface area contributed by atoms with Gasteiger partial charge >= 0.3 is 0 Å². The molecule has 0 saturated carbocycles. The van der Waals surface area contributed by atoms with Crippen LogP contribution in [0.25, 0.3) is 11.0 Å². The Morgan fingerprint density at radius 3 is 2.83 bits per heavy atom. The van der Waals surface area contributed by atoms with Gasteiger partial charge in [-0.2, -0.15) is 5.10 Å². The predicted molar refractivity (Wildman–Crippen MR) is 109 cm³/mol. The van der Waals surface area contributed by atoms with Crippen LogP contribution in [0.4, 0.5) is 0 Å². The zero-order valence-corrected chi connectivity index (χ0v) is 16.6. The largest absolute Gasteiger partial charge is 0.461 e. The third-order valence-electron chi connectivity index (χ3n) is 5.53. The molecule has 2 aromatic heterocycles. The van der Waals surface area contributed by atoms with Crippen molar-refractivity contribution in [1.82, 2.24) is 20.0 Å². The normalized spacial score (nSPS) is 15.0. The van der Waals surface area contributed by atoms with Crippen LogP contribution < -0.4 is 5.32 Å². The van der Waals surface area contributed by atoms with E-state index >= 15 is 0 Å². The van der Waals surface area contributed by atoms with Crippen LogP contribution in [0.2, 0.25) is 0 Å². The van der Waals surface area contributed by atoms with E-state index in [1.165, 1.54) is 0 Å². The smallest absolute Gasteiger partial charge is 0.251 e. The number of carbonyl (C=O) groups excluding carboxylic acids is 2. The molecule has 152 valence electrons. The zero-order chi connectivity index (χ0) is 20.2. The van der Waals surface area contributed by atoms with E-state index in [9.17, 15) is 9.59 Å². The number of fused-ring (bicyclic) bond motifs is 1. The minimum atomic E-state index is -0.0662. The Balaban J connectivity index is 1.22. The Labute approximate surface area is 169 Å². The maximum atomic E-state index is 12.5. The molecule has 0 spiro atoms. The Morgan fingerprint density at radius 1 is 1.24 bits per heavy atom. The highest BCUT2D eigenvalue weighted by atomic mass is 16.3. The number of furan rings is 1. The molecule has 2 amide bonds. The molecule has 1 aromatic carbocycles. The number of hydrogen-bond acceptors (Lipinski definition) is 4. The number of hydrogen-bond donors (Lipinski definition) is 1. The average molecular weight is 394 g/mol. The molecule has 7 nitrogen and oxygen atoms in total. The lowest BCUT2D eigenvalue weighted by molar-refractivity contribution is -0.132. The molecule has 1 aliphatic heterocycles. The molecule has 0 atom stereocenters. The highest BCUT2D eigenvalue weighted by molar-refractivity contribution is 5.97. The van der Waals surface area contributed by atoms with Crippen molar-refractivity contribution in [2.24, 2.45) is 5.92 Å². The summed E-state index contributed by atoms with van der Waals surface area (Å²) in [5, 5.41) is 8.11. The van der Waals surface area contributed by atoms with E-state index < -0.39 is 0 Å². The van der Waals surface area contributed by atoms with Crippen molar-refractivity contribution in [2.45, 2.75) is 32.7 Å². The highest BCUT2D eigenvalue weighted by Crippen LogP contribution is 2.21. The van der Waals surface area contributed by atoms with Gasteiger partial charge in [-0.15, -0.1) is 0 Å². The number of nitrogens with one attached hydrogen (secondary N) is 1. The highest BCUT2D eigenvalue weighted by Gasteiger charge is 2.23. The topological polar surface area (TPSA) is 80.4 Å². The molecule has 0 radical (unpaired) electrons. The zero-order valence-electron chi connectivity index (χ0n) is 16.6. The average Bonchev–Trinajstić information content (AvgIpc) is 3.38. The van der Waals surface area contributed by atoms with E-state index in [1.807, 2.05) is 42.3 Å². The number of amides is 2. The van der Waals surface area contributed by atoms with Crippen molar-refractivity contribution in [1.29, 1.82) is 0 Å². The van der Waals surface area contributed by atoms with Gasteiger partial charge in [0.1, 0.15) is 11.3 Å². The number of aryl methyl sites for hydroxylation is 2. The summed E-state index contributed by atoms with van der Waals surface area (Å²) < 4.78 is 7.34. The molecule has 7 heteroatoms. The molecule has 0 unspecified atom stereocenters. The summed E-state index contributed by atoms with van der Waals surface area (Å²) in [6.07, 6.45) is 5.88. The van der Waals surface area contributed by atoms with Crippen LogP contribution in [-0.2, 0) is 11.3 Å². The molecule has 3 heterocycles. The Hall–Kier alpha value is -3.09. The number of nitrogens with zero attached hydrogens (tertiary/aromatic N) is 3. The van der Waals surface area contributed by atoms with Crippen molar-refractivity contribution < 1.29 is 14.0 Å². The van der Waals surface area contributed by atoms with Gasteiger partial charge in [0.05, 0.1) is 0 Å². The standard InChI is InChI=1S/C22H26N4O3/c1-16-13-19-14-18(3-4-20(19)29-16)22(28)23-15-17-5-10-25(11-6-17)21(27)7-12-26-9-2-8-24-26/h2-4,8-9,13-14,17H,5-7,10-12,15H2,1H3,(H,23,28). The molecule has 3 aromatic rings. The van der Waals surface area contributed by atoms with E-state index in [0.29, 0.717) is 31.0 Å². The number of likely N-dealkylation sites (tertiary alicyclic amines) is 1. The van der Waals surface area contributed by atoms with E-state index in [-0.39, 0.29) is 11.8 Å². The van der Waals surface area contributed by atoms with Gasteiger partial charge in [0, 0.05) is 55.9 Å². The SMILES string of the molecule is Cc1cc2cc(C(=O)NCC3CCN(C(=O)CCn4cccn4)CC3)ccc2o1. The maximum absolute atomic E-state index is 12.5. The molecular weight excluding hydrogens is 368 g/mol. The fourth-order valence-electron chi connectivity index (χ4n) is 3.84. The summed E-state index contributed by atoms with van der Waals surface area (Å²) in [7, 11) is 0. The van der Waals surface area contributed by atoms with Gasteiger partial charge in [-0.05, 0) is 56.0 Å². The van der Waals surface area contributed by atoms with Gasteiger partial charge in [-0.1, -0.05) is 0 Å². The first-order valence-corrected chi connectivity index (χ1v) is 10.1. The maximum Gasteiger partial charge on any atom is 0.251 e. The summed E-state index contributed by atoms with van der Waals surface area (Å²) >= 11 is 0. The quantitative estimate of drug-likeness (QED) is 0.697. The first-order chi connectivity index (χ1) is 14.1. The third kappa shape index (κ3) is 4.67. The summed E-state index contributed by atoms with van der Waals surface area (Å²) in [6, 6.07) is 9.29. The molecule has 0 aliphatic carbocycles. The lowest BCUT2D eigenvalue weighted by Gasteiger charge is -2.32. The second-order valence-corrected chi connectivity index (χ2v) is 7.66. The van der Waals surface area contributed by atoms with Crippen molar-refractivity contribution in [2.75, 3.05) is 19.6 Å². The van der Waals surface area contributed by atoms with Gasteiger partial charge in [-0.25, -0.2) is 0 Å². The van der Waals surface area contributed by atoms with Crippen LogP contribution in [0.5, 0.6) is 0 Å². The molecule has 29 heavy (non-hydrogen) atoms. The summed E-state index contributed by atoms with van der Waals surface area (Å²) in [5.41, 5.74) is 1.44.